The summed E-state index contributed by atoms with van der Waals surface area (Å²) in [6.45, 7) is 1.81. The molecule has 168 valence electrons. The van der Waals surface area contributed by atoms with Crippen molar-refractivity contribution in [2.45, 2.75) is 32.2 Å². The van der Waals surface area contributed by atoms with Crippen LogP contribution in [0.5, 0.6) is 5.75 Å². The van der Waals surface area contributed by atoms with E-state index in [0.29, 0.717) is 35.0 Å². The van der Waals surface area contributed by atoms with Gasteiger partial charge < -0.3 is 18.0 Å². The standard InChI is InChI=1S/C25H22N2O6/c1-2-5-16-12-25(29)33-23-13-17(8-9-18(16)23)32-15-24(28)27-20(22-7-4-11-31-22)14-19(26-27)21-6-3-10-30-21/h3-4,6-13,20H,2,5,14-15H2,1H3. The second kappa shape index (κ2) is 8.82. The number of hydrogen-bond acceptors (Lipinski definition) is 7. The summed E-state index contributed by atoms with van der Waals surface area (Å²) in [5, 5.41) is 6.71. The Morgan fingerprint density at radius 2 is 2.00 bits per heavy atom. The van der Waals surface area contributed by atoms with Gasteiger partial charge in [0.15, 0.2) is 6.61 Å². The van der Waals surface area contributed by atoms with Gasteiger partial charge in [0.05, 0.1) is 12.5 Å². The minimum Gasteiger partial charge on any atom is -0.484 e. The summed E-state index contributed by atoms with van der Waals surface area (Å²) in [4.78, 5) is 25.0. The smallest absolute Gasteiger partial charge is 0.336 e. The first kappa shape index (κ1) is 20.8. The number of carbonyl (C=O) groups is 1. The van der Waals surface area contributed by atoms with Crippen molar-refractivity contribution < 1.29 is 22.8 Å². The van der Waals surface area contributed by atoms with Gasteiger partial charge in [0.2, 0.25) is 0 Å². The van der Waals surface area contributed by atoms with E-state index in [2.05, 4.69) is 12.0 Å². The lowest BCUT2D eigenvalue weighted by atomic mass is 10.1. The summed E-state index contributed by atoms with van der Waals surface area (Å²) in [6.07, 6.45) is 5.29. The topological polar surface area (TPSA) is 98.4 Å². The molecule has 0 bridgehead atoms. The summed E-state index contributed by atoms with van der Waals surface area (Å²) in [5.41, 5.74) is 1.62. The summed E-state index contributed by atoms with van der Waals surface area (Å²) >= 11 is 0. The molecule has 1 amide bonds. The molecule has 8 heteroatoms. The fraction of sp³-hybridized carbons (Fsp3) is 0.240. The Bertz CT molecular complexity index is 1350. The molecule has 0 saturated carbocycles. The van der Waals surface area contributed by atoms with Crippen molar-refractivity contribution in [1.29, 1.82) is 0 Å². The fourth-order valence-corrected chi connectivity index (χ4v) is 4.02. The van der Waals surface area contributed by atoms with E-state index in [-0.39, 0.29) is 18.6 Å². The number of nitrogens with zero attached hydrogens (tertiary/aromatic N) is 2. The van der Waals surface area contributed by atoms with Crippen molar-refractivity contribution in [3.05, 3.63) is 88.6 Å². The van der Waals surface area contributed by atoms with Crippen LogP contribution in [0, 0.1) is 0 Å². The van der Waals surface area contributed by atoms with Gasteiger partial charge in [-0.05, 0) is 48.4 Å². The zero-order valence-electron chi connectivity index (χ0n) is 18.0. The van der Waals surface area contributed by atoms with E-state index in [9.17, 15) is 9.59 Å². The number of hydrogen-bond donors (Lipinski definition) is 0. The van der Waals surface area contributed by atoms with Crippen molar-refractivity contribution in [2.24, 2.45) is 5.10 Å². The number of benzene rings is 1. The van der Waals surface area contributed by atoms with E-state index >= 15 is 0 Å². The Labute approximate surface area is 189 Å². The van der Waals surface area contributed by atoms with Gasteiger partial charge in [0.1, 0.15) is 34.6 Å². The lowest BCUT2D eigenvalue weighted by Crippen LogP contribution is -2.31. The average Bonchev–Trinajstić information content (AvgIpc) is 3.58. The van der Waals surface area contributed by atoms with Crippen LogP contribution in [0.15, 0.2) is 84.2 Å². The van der Waals surface area contributed by atoms with Crippen molar-refractivity contribution in [3.63, 3.8) is 0 Å². The van der Waals surface area contributed by atoms with Crippen LogP contribution in [0.25, 0.3) is 11.0 Å². The Hall–Kier alpha value is -4.07. The normalized spacial score (nSPS) is 15.7. The molecular weight excluding hydrogens is 424 g/mol. The Morgan fingerprint density at radius 1 is 1.15 bits per heavy atom. The van der Waals surface area contributed by atoms with Crippen molar-refractivity contribution >= 4 is 22.6 Å². The summed E-state index contributed by atoms with van der Waals surface area (Å²) < 4.78 is 22.1. The highest BCUT2D eigenvalue weighted by Gasteiger charge is 2.35. The van der Waals surface area contributed by atoms with E-state index in [1.807, 2.05) is 12.1 Å². The van der Waals surface area contributed by atoms with Crippen molar-refractivity contribution in [1.82, 2.24) is 5.01 Å². The SMILES string of the molecule is CCCc1cc(=O)oc2cc(OCC(=O)N3N=C(c4ccco4)CC3c3ccco3)ccc12. The van der Waals surface area contributed by atoms with Crippen LogP contribution < -0.4 is 10.4 Å². The number of aryl methyl sites for hydroxylation is 1. The first-order valence-corrected chi connectivity index (χ1v) is 10.8. The molecule has 0 N–H and O–H groups in total. The monoisotopic (exact) mass is 446 g/mol. The zero-order chi connectivity index (χ0) is 22.8. The highest BCUT2D eigenvalue weighted by atomic mass is 16.5. The van der Waals surface area contributed by atoms with Gasteiger partial charge in [-0.25, -0.2) is 9.80 Å². The number of amides is 1. The lowest BCUT2D eigenvalue weighted by molar-refractivity contribution is -0.135. The molecule has 4 heterocycles. The Kier molecular flexibility index (Phi) is 5.56. The largest absolute Gasteiger partial charge is 0.484 e. The third-order valence-electron chi connectivity index (χ3n) is 5.53. The van der Waals surface area contributed by atoms with Crippen molar-refractivity contribution in [3.8, 4) is 5.75 Å². The highest BCUT2D eigenvalue weighted by molar-refractivity contribution is 6.01. The highest BCUT2D eigenvalue weighted by Crippen LogP contribution is 2.33. The maximum absolute atomic E-state index is 13.0. The second-order valence-corrected chi connectivity index (χ2v) is 7.78. The predicted molar refractivity (Wildman–Crippen MR) is 120 cm³/mol. The fourth-order valence-electron chi connectivity index (χ4n) is 4.02. The maximum atomic E-state index is 13.0. The molecule has 33 heavy (non-hydrogen) atoms. The molecule has 1 unspecified atom stereocenters. The molecule has 4 aromatic rings. The number of carbonyl (C=O) groups excluding carboxylic acids is 1. The van der Waals surface area contributed by atoms with Gasteiger partial charge in [0, 0.05) is 23.9 Å². The molecule has 3 aromatic heterocycles. The zero-order valence-corrected chi connectivity index (χ0v) is 18.0. The van der Waals surface area contributed by atoms with E-state index in [4.69, 9.17) is 18.0 Å². The van der Waals surface area contributed by atoms with Gasteiger partial charge in [-0.2, -0.15) is 5.10 Å². The molecule has 0 spiro atoms. The summed E-state index contributed by atoms with van der Waals surface area (Å²) in [5.74, 6) is 1.33. The average molecular weight is 446 g/mol. The first-order chi connectivity index (χ1) is 16.1. The number of ether oxygens (including phenoxy) is 1. The van der Waals surface area contributed by atoms with Crippen LogP contribution in [-0.4, -0.2) is 23.2 Å². The summed E-state index contributed by atoms with van der Waals surface area (Å²) in [6, 6.07) is 13.5. The number of hydrazone groups is 1. The van der Waals surface area contributed by atoms with Gasteiger partial charge in [-0.15, -0.1) is 0 Å². The molecule has 1 aromatic carbocycles. The van der Waals surface area contributed by atoms with E-state index in [1.54, 1.807) is 42.9 Å². The van der Waals surface area contributed by atoms with Gasteiger partial charge in [0.25, 0.3) is 5.91 Å². The molecule has 1 aliphatic rings. The number of fused-ring (bicyclic) bond motifs is 1. The van der Waals surface area contributed by atoms with E-state index in [1.165, 1.54) is 11.1 Å². The van der Waals surface area contributed by atoms with Crippen LogP contribution in [0.2, 0.25) is 0 Å². The number of rotatable bonds is 7. The van der Waals surface area contributed by atoms with E-state index < -0.39 is 5.63 Å². The molecule has 0 aliphatic carbocycles. The van der Waals surface area contributed by atoms with Gasteiger partial charge in [-0.3, -0.25) is 4.79 Å². The van der Waals surface area contributed by atoms with Crippen LogP contribution in [0.1, 0.15) is 42.9 Å². The van der Waals surface area contributed by atoms with Crippen LogP contribution in [-0.2, 0) is 11.2 Å². The first-order valence-electron chi connectivity index (χ1n) is 10.8. The maximum Gasteiger partial charge on any atom is 0.336 e. The Morgan fingerprint density at radius 3 is 2.76 bits per heavy atom. The third-order valence-corrected chi connectivity index (χ3v) is 5.53. The second-order valence-electron chi connectivity index (χ2n) is 7.78. The molecule has 0 fully saturated rings. The minimum atomic E-state index is -0.405. The third kappa shape index (κ3) is 4.19. The molecule has 0 radical (unpaired) electrons. The minimum absolute atomic E-state index is 0.240. The number of furan rings is 2. The van der Waals surface area contributed by atoms with Crippen LogP contribution >= 0.6 is 0 Å². The lowest BCUT2D eigenvalue weighted by Gasteiger charge is -2.20. The molecule has 8 nitrogen and oxygen atoms in total. The molecule has 5 rings (SSSR count). The molecular formula is C25H22N2O6. The van der Waals surface area contributed by atoms with Crippen molar-refractivity contribution in [2.75, 3.05) is 6.61 Å². The molecule has 0 saturated heterocycles. The molecule has 1 atom stereocenters. The van der Waals surface area contributed by atoms with Gasteiger partial charge in [-0.1, -0.05) is 13.3 Å². The van der Waals surface area contributed by atoms with E-state index in [0.717, 1.165) is 23.8 Å². The summed E-state index contributed by atoms with van der Waals surface area (Å²) in [7, 11) is 0. The van der Waals surface area contributed by atoms with Gasteiger partial charge >= 0.3 is 5.63 Å². The predicted octanol–water partition coefficient (Wildman–Crippen LogP) is 4.69. The van der Waals surface area contributed by atoms with Crippen LogP contribution in [0.4, 0.5) is 0 Å². The Balaban J connectivity index is 1.36. The molecule has 1 aliphatic heterocycles. The quantitative estimate of drug-likeness (QED) is 0.382. The van der Waals surface area contributed by atoms with Crippen LogP contribution in [0.3, 0.4) is 0 Å².